The van der Waals surface area contributed by atoms with Crippen LogP contribution in [0.3, 0.4) is 0 Å². The van der Waals surface area contributed by atoms with E-state index in [0.717, 1.165) is 65.8 Å². The highest BCUT2D eigenvalue weighted by atomic mass is 16.6. The van der Waals surface area contributed by atoms with E-state index in [-0.39, 0.29) is 11.9 Å². The molecule has 0 aliphatic heterocycles. The summed E-state index contributed by atoms with van der Waals surface area (Å²) in [6.07, 6.45) is 5.27. The monoisotopic (exact) mass is 540 g/mol. The van der Waals surface area contributed by atoms with Crippen molar-refractivity contribution < 1.29 is 14.3 Å². The summed E-state index contributed by atoms with van der Waals surface area (Å²) in [6, 6.07) is 19.5. The molecular weight excluding hydrogens is 500 g/mol. The zero-order valence-corrected chi connectivity index (χ0v) is 24.3. The molecule has 40 heavy (non-hydrogen) atoms. The second-order valence-electron chi connectivity index (χ2n) is 11.2. The van der Waals surface area contributed by atoms with Crippen molar-refractivity contribution in [1.29, 1.82) is 0 Å². The number of nitrogens with zero attached hydrogens (tertiary/aromatic N) is 3. The zero-order chi connectivity index (χ0) is 28.7. The summed E-state index contributed by atoms with van der Waals surface area (Å²) in [6.45, 7) is 10.5. The number of hydrogen-bond acceptors (Lipinski definition) is 5. The first-order chi connectivity index (χ1) is 19.2. The maximum Gasteiger partial charge on any atom is 0.339 e. The quantitative estimate of drug-likeness (QED) is 0.198. The predicted octanol–water partition coefficient (Wildman–Crippen LogP) is 7.57. The van der Waals surface area contributed by atoms with Crippen LogP contribution in [0.15, 0.2) is 60.7 Å². The summed E-state index contributed by atoms with van der Waals surface area (Å²) in [5.74, 6) is 1.18. The Morgan fingerprint density at radius 3 is 2.33 bits per heavy atom. The maximum absolute atomic E-state index is 12.9. The zero-order valence-electron chi connectivity index (χ0n) is 24.3. The van der Waals surface area contributed by atoms with Gasteiger partial charge in [-0.3, -0.25) is 4.79 Å². The number of anilines is 1. The molecule has 0 fully saturated rings. The van der Waals surface area contributed by atoms with Crippen molar-refractivity contribution in [2.24, 2.45) is 0 Å². The van der Waals surface area contributed by atoms with Crippen LogP contribution in [0.2, 0.25) is 0 Å². The highest BCUT2D eigenvalue weighted by Gasteiger charge is 2.21. The molecule has 0 spiro atoms. The van der Waals surface area contributed by atoms with Gasteiger partial charge in [-0.25, -0.2) is 14.8 Å². The number of unbranched alkanes of at least 4 members (excludes halogenated alkanes) is 2. The summed E-state index contributed by atoms with van der Waals surface area (Å²) in [4.78, 5) is 34.8. The number of imidazole rings is 1. The van der Waals surface area contributed by atoms with Gasteiger partial charge in [-0.1, -0.05) is 69.2 Å². The minimum atomic E-state index is -0.566. The van der Waals surface area contributed by atoms with Gasteiger partial charge in [0, 0.05) is 12.8 Å². The van der Waals surface area contributed by atoms with Crippen LogP contribution in [0.5, 0.6) is 0 Å². The second kappa shape index (κ2) is 12.9. The number of amides is 1. The first kappa shape index (κ1) is 29.0. The van der Waals surface area contributed by atoms with Crippen LogP contribution in [0.4, 0.5) is 5.82 Å². The van der Waals surface area contributed by atoms with Crippen molar-refractivity contribution in [2.45, 2.75) is 85.3 Å². The van der Waals surface area contributed by atoms with Gasteiger partial charge in [0.25, 0.3) is 0 Å². The van der Waals surface area contributed by atoms with Gasteiger partial charge < -0.3 is 14.6 Å². The van der Waals surface area contributed by atoms with E-state index in [9.17, 15) is 9.59 Å². The molecule has 4 rings (SSSR count). The van der Waals surface area contributed by atoms with Gasteiger partial charge in [-0.05, 0) is 68.5 Å². The third-order valence-electron chi connectivity index (χ3n) is 6.60. The van der Waals surface area contributed by atoms with E-state index < -0.39 is 5.60 Å². The molecule has 0 saturated carbocycles. The summed E-state index contributed by atoms with van der Waals surface area (Å²) in [5.41, 5.74) is 4.44. The van der Waals surface area contributed by atoms with E-state index in [1.54, 1.807) is 6.07 Å². The van der Waals surface area contributed by atoms with E-state index in [2.05, 4.69) is 35.9 Å². The van der Waals surface area contributed by atoms with Gasteiger partial charge in [-0.2, -0.15) is 0 Å². The molecule has 0 radical (unpaired) electrons. The number of rotatable bonds is 11. The van der Waals surface area contributed by atoms with Gasteiger partial charge in [0.15, 0.2) is 5.65 Å². The van der Waals surface area contributed by atoms with Crippen LogP contribution in [0.25, 0.3) is 22.3 Å². The normalized spacial score (nSPS) is 11.5. The smallest absolute Gasteiger partial charge is 0.339 e. The number of nitrogens with one attached hydrogen (secondary N) is 1. The molecular formula is C33H40N4O3. The minimum absolute atomic E-state index is 0.0202. The van der Waals surface area contributed by atoms with Gasteiger partial charge >= 0.3 is 5.97 Å². The number of ether oxygens (including phenoxy) is 1. The fraction of sp³-hybridized carbons (Fsp3) is 0.394. The number of pyridine rings is 1. The number of fused-ring (bicyclic) bond motifs is 1. The first-order valence-electron chi connectivity index (χ1n) is 14.3. The Labute approximate surface area is 237 Å². The van der Waals surface area contributed by atoms with Crippen molar-refractivity contribution in [3.8, 4) is 11.1 Å². The van der Waals surface area contributed by atoms with Crippen LogP contribution in [-0.4, -0.2) is 32.0 Å². The van der Waals surface area contributed by atoms with Crippen LogP contribution in [0, 0.1) is 0 Å². The van der Waals surface area contributed by atoms with E-state index in [1.165, 1.54) is 0 Å². The van der Waals surface area contributed by atoms with Gasteiger partial charge in [0.1, 0.15) is 22.8 Å². The molecule has 2 aromatic heterocycles. The molecule has 210 valence electrons. The Morgan fingerprint density at radius 2 is 1.62 bits per heavy atom. The second-order valence-corrected chi connectivity index (χ2v) is 11.2. The summed E-state index contributed by atoms with van der Waals surface area (Å²) in [7, 11) is 0. The van der Waals surface area contributed by atoms with E-state index >= 15 is 0 Å². The highest BCUT2D eigenvalue weighted by molar-refractivity contribution is 5.97. The highest BCUT2D eigenvalue weighted by Crippen LogP contribution is 2.27. The van der Waals surface area contributed by atoms with Crippen molar-refractivity contribution in [3.05, 3.63) is 77.6 Å². The van der Waals surface area contributed by atoms with E-state index in [0.29, 0.717) is 24.3 Å². The Bertz CT molecular complexity index is 1470. The predicted molar refractivity (Wildman–Crippen MR) is 160 cm³/mol. The largest absolute Gasteiger partial charge is 0.456 e. The fourth-order valence-electron chi connectivity index (χ4n) is 4.57. The fourth-order valence-corrected chi connectivity index (χ4v) is 4.57. The van der Waals surface area contributed by atoms with Crippen molar-refractivity contribution in [1.82, 2.24) is 14.5 Å². The van der Waals surface area contributed by atoms with E-state index in [1.807, 2.05) is 63.2 Å². The number of aromatic nitrogens is 3. The molecule has 7 nitrogen and oxygen atoms in total. The molecule has 7 heteroatoms. The molecule has 2 heterocycles. The maximum atomic E-state index is 12.9. The van der Waals surface area contributed by atoms with Crippen molar-refractivity contribution >= 4 is 28.9 Å². The van der Waals surface area contributed by atoms with Crippen LogP contribution in [0.1, 0.15) is 88.5 Å². The standard InChI is InChI=1S/C33H40N4O3/c1-6-8-14-29-34-27-20-21-28(35-30(38)15-9-7-2)36-31(27)37(29)22-23-16-18-24(19-17-23)25-12-10-11-13-26(25)32(39)40-33(3,4)5/h10-13,16-21H,6-9,14-15,22H2,1-5H3,(H,35,36,38). The molecule has 0 unspecified atom stereocenters. The average molecular weight is 541 g/mol. The molecule has 0 aliphatic rings. The van der Waals surface area contributed by atoms with Gasteiger partial charge in [0.05, 0.1) is 12.1 Å². The average Bonchev–Trinajstić information content (AvgIpc) is 3.26. The SMILES string of the molecule is CCCCC(=O)Nc1ccc2nc(CCCC)n(Cc3ccc(-c4ccccc4C(=O)OC(C)(C)C)cc3)c2n1. The lowest BCUT2D eigenvalue weighted by Gasteiger charge is -2.20. The lowest BCUT2D eigenvalue weighted by molar-refractivity contribution is -0.116. The molecule has 1 N–H and O–H groups in total. The lowest BCUT2D eigenvalue weighted by Crippen LogP contribution is -2.24. The van der Waals surface area contributed by atoms with Gasteiger partial charge in [-0.15, -0.1) is 0 Å². The molecule has 0 aliphatic carbocycles. The summed E-state index contributed by atoms with van der Waals surface area (Å²) >= 11 is 0. The van der Waals surface area contributed by atoms with Crippen LogP contribution in [-0.2, 0) is 22.5 Å². The third-order valence-corrected chi connectivity index (χ3v) is 6.60. The van der Waals surface area contributed by atoms with Crippen LogP contribution >= 0.6 is 0 Å². The van der Waals surface area contributed by atoms with Crippen molar-refractivity contribution in [3.63, 3.8) is 0 Å². The number of carbonyl (C=O) groups is 2. The molecule has 0 saturated heterocycles. The first-order valence-corrected chi connectivity index (χ1v) is 14.3. The Hall–Kier alpha value is -4.00. The Morgan fingerprint density at radius 1 is 0.900 bits per heavy atom. The molecule has 2 aromatic carbocycles. The number of esters is 1. The van der Waals surface area contributed by atoms with Gasteiger partial charge in [0.2, 0.25) is 5.91 Å². The summed E-state index contributed by atoms with van der Waals surface area (Å²) in [5, 5.41) is 2.94. The van der Waals surface area contributed by atoms with Crippen molar-refractivity contribution in [2.75, 3.05) is 5.32 Å². The number of hydrogen-bond donors (Lipinski definition) is 1. The Balaban J connectivity index is 1.62. The molecule has 4 aromatic rings. The summed E-state index contributed by atoms with van der Waals surface area (Å²) < 4.78 is 7.79. The third kappa shape index (κ3) is 7.34. The van der Waals surface area contributed by atoms with E-state index in [4.69, 9.17) is 14.7 Å². The number of aryl methyl sites for hydroxylation is 1. The molecule has 0 atom stereocenters. The topological polar surface area (TPSA) is 86.1 Å². The minimum Gasteiger partial charge on any atom is -0.456 e. The number of carbonyl (C=O) groups excluding carboxylic acids is 2. The Kier molecular flexibility index (Phi) is 9.35. The number of benzene rings is 2. The van der Waals surface area contributed by atoms with Crippen LogP contribution < -0.4 is 5.32 Å². The molecule has 1 amide bonds. The lowest BCUT2D eigenvalue weighted by atomic mass is 9.98. The molecule has 0 bridgehead atoms.